The number of fused-ring (bicyclic) bond motifs is 13. The molecule has 0 aliphatic heterocycles. The van der Waals surface area contributed by atoms with Crippen molar-refractivity contribution in [3.63, 3.8) is 0 Å². The average Bonchev–Trinajstić information content (AvgIpc) is 3.66. The van der Waals surface area contributed by atoms with Crippen LogP contribution in [0.2, 0.25) is 0 Å². The number of para-hydroxylation sites is 2. The number of imidazole rings is 1. The third kappa shape index (κ3) is 3.39. The number of aromatic nitrogens is 2. The van der Waals surface area contributed by atoms with Crippen molar-refractivity contribution in [1.82, 2.24) is 9.38 Å². The van der Waals surface area contributed by atoms with E-state index in [0.29, 0.717) is 0 Å². The van der Waals surface area contributed by atoms with Crippen LogP contribution in [0.25, 0.3) is 91.6 Å². The molecule has 0 N–H and O–H groups in total. The van der Waals surface area contributed by atoms with Crippen molar-refractivity contribution in [2.75, 3.05) is 0 Å². The van der Waals surface area contributed by atoms with Crippen molar-refractivity contribution in [2.45, 2.75) is 0 Å². The molecule has 0 saturated carbocycles. The Bertz CT molecular complexity index is 2760. The van der Waals surface area contributed by atoms with E-state index in [0.717, 1.165) is 16.7 Å². The molecule has 7 aromatic carbocycles. The van der Waals surface area contributed by atoms with Gasteiger partial charge in [-0.25, -0.2) is 4.98 Å². The molecule has 10 aromatic rings. The Hall–Kier alpha value is -5.51. The van der Waals surface area contributed by atoms with Crippen LogP contribution in [-0.4, -0.2) is 9.38 Å². The van der Waals surface area contributed by atoms with Gasteiger partial charge in [0.1, 0.15) is 5.65 Å². The van der Waals surface area contributed by atoms with E-state index in [9.17, 15) is 0 Å². The summed E-state index contributed by atoms with van der Waals surface area (Å²) >= 11 is 1.86. The summed E-state index contributed by atoms with van der Waals surface area (Å²) in [6, 6.07) is 53.1. The van der Waals surface area contributed by atoms with Crippen LogP contribution < -0.4 is 0 Å². The maximum Gasteiger partial charge on any atom is 0.147 e. The third-order valence-electron chi connectivity index (χ3n) is 9.17. The molecule has 0 fully saturated rings. The summed E-state index contributed by atoms with van der Waals surface area (Å²) in [5, 5.41) is 8.80. The van der Waals surface area contributed by atoms with E-state index in [1.165, 1.54) is 74.9 Å². The lowest BCUT2D eigenvalue weighted by molar-refractivity contribution is 1.32. The maximum atomic E-state index is 5.16. The topological polar surface area (TPSA) is 17.3 Å². The van der Waals surface area contributed by atoms with Crippen molar-refractivity contribution < 1.29 is 0 Å². The Morgan fingerprint density at radius 1 is 0.432 bits per heavy atom. The van der Waals surface area contributed by atoms with Crippen LogP contribution in [0.5, 0.6) is 0 Å². The number of thiophene rings is 1. The standard InChI is InChI=1S/C41H24N2S/c1-2-8-30-27(7-1)17-20-32-33-23-28(18-21-36(33)43-37-11-5-4-10-35(37)42-41(43)40(30)32)25-13-15-26(16-14-25)29-19-22-39-34(24-29)31-9-3-6-12-38(31)44-39/h1-24H. The van der Waals surface area contributed by atoms with Crippen molar-refractivity contribution in [3.8, 4) is 22.3 Å². The molecule has 3 heteroatoms. The van der Waals surface area contributed by atoms with Gasteiger partial charge < -0.3 is 0 Å². The predicted octanol–water partition coefficient (Wildman–Crippen LogP) is 11.6. The summed E-state index contributed by atoms with van der Waals surface area (Å²) in [7, 11) is 0. The lowest BCUT2D eigenvalue weighted by Crippen LogP contribution is -1.93. The Morgan fingerprint density at radius 3 is 1.95 bits per heavy atom. The van der Waals surface area contributed by atoms with Gasteiger partial charge in [-0.2, -0.15) is 0 Å². The molecule has 0 atom stereocenters. The van der Waals surface area contributed by atoms with E-state index in [1.807, 2.05) is 11.3 Å². The van der Waals surface area contributed by atoms with E-state index >= 15 is 0 Å². The predicted molar refractivity (Wildman–Crippen MR) is 189 cm³/mol. The van der Waals surface area contributed by atoms with E-state index in [1.54, 1.807) is 0 Å². The number of hydrogen-bond donors (Lipinski definition) is 0. The summed E-state index contributed by atoms with van der Waals surface area (Å²) in [4.78, 5) is 5.16. The zero-order valence-corrected chi connectivity index (χ0v) is 24.5. The summed E-state index contributed by atoms with van der Waals surface area (Å²) in [5.74, 6) is 0. The van der Waals surface area contributed by atoms with Crippen LogP contribution in [0.15, 0.2) is 146 Å². The zero-order valence-electron chi connectivity index (χ0n) is 23.7. The first-order valence-corrected chi connectivity index (χ1v) is 15.8. The van der Waals surface area contributed by atoms with Gasteiger partial charge in [-0.3, -0.25) is 4.40 Å². The monoisotopic (exact) mass is 576 g/mol. The molecular formula is C41H24N2S. The van der Waals surface area contributed by atoms with Gasteiger partial charge >= 0.3 is 0 Å². The lowest BCUT2D eigenvalue weighted by atomic mass is 9.95. The molecule has 0 aliphatic rings. The highest BCUT2D eigenvalue weighted by molar-refractivity contribution is 7.25. The van der Waals surface area contributed by atoms with Gasteiger partial charge in [-0.15, -0.1) is 11.3 Å². The molecule has 204 valence electrons. The molecule has 0 saturated heterocycles. The second-order valence-electron chi connectivity index (χ2n) is 11.6. The highest BCUT2D eigenvalue weighted by atomic mass is 32.1. The number of pyridine rings is 1. The van der Waals surface area contributed by atoms with E-state index in [4.69, 9.17) is 4.98 Å². The minimum absolute atomic E-state index is 1.01. The maximum absolute atomic E-state index is 5.16. The van der Waals surface area contributed by atoms with Crippen LogP contribution in [0.1, 0.15) is 0 Å². The second kappa shape index (κ2) is 9.00. The van der Waals surface area contributed by atoms with Crippen molar-refractivity contribution >= 4 is 80.6 Å². The van der Waals surface area contributed by atoms with Crippen LogP contribution in [0, 0.1) is 0 Å². The highest BCUT2D eigenvalue weighted by Gasteiger charge is 2.16. The van der Waals surface area contributed by atoms with Crippen molar-refractivity contribution in [3.05, 3.63) is 146 Å². The molecule has 3 aromatic heterocycles. The first-order valence-electron chi connectivity index (χ1n) is 15.0. The summed E-state index contributed by atoms with van der Waals surface area (Å²) in [5.41, 5.74) is 9.24. The molecule has 0 bridgehead atoms. The van der Waals surface area contributed by atoms with Crippen molar-refractivity contribution in [2.24, 2.45) is 0 Å². The number of hydrogen-bond acceptors (Lipinski definition) is 2. The van der Waals surface area contributed by atoms with Crippen LogP contribution in [0.3, 0.4) is 0 Å². The smallest absolute Gasteiger partial charge is 0.147 e. The number of rotatable bonds is 2. The molecule has 0 amide bonds. The summed E-state index contributed by atoms with van der Waals surface area (Å²) < 4.78 is 5.02. The molecule has 0 spiro atoms. The van der Waals surface area contributed by atoms with Gasteiger partial charge in [0.05, 0.1) is 16.6 Å². The molecule has 0 unspecified atom stereocenters. The van der Waals surface area contributed by atoms with Crippen LogP contribution in [0.4, 0.5) is 0 Å². The number of nitrogens with zero attached hydrogens (tertiary/aromatic N) is 2. The van der Waals surface area contributed by atoms with Crippen LogP contribution >= 0.6 is 11.3 Å². The van der Waals surface area contributed by atoms with Gasteiger partial charge in [-0.1, -0.05) is 103 Å². The number of benzene rings is 7. The average molecular weight is 577 g/mol. The molecule has 3 heterocycles. The van der Waals surface area contributed by atoms with E-state index < -0.39 is 0 Å². The SMILES string of the molecule is c1ccc2c(c1)ccc1c3cc(-c4ccc(-c5ccc6sc7ccccc7c6c5)cc4)ccc3n3c4ccccc4nc3c21. The quantitative estimate of drug-likeness (QED) is 0.187. The molecule has 0 aliphatic carbocycles. The fourth-order valence-electron chi connectivity index (χ4n) is 7.06. The van der Waals surface area contributed by atoms with Crippen molar-refractivity contribution in [1.29, 1.82) is 0 Å². The van der Waals surface area contributed by atoms with E-state index in [-0.39, 0.29) is 0 Å². The summed E-state index contributed by atoms with van der Waals surface area (Å²) in [6.07, 6.45) is 0. The van der Waals surface area contributed by atoms with Gasteiger partial charge in [0.2, 0.25) is 0 Å². The van der Waals surface area contributed by atoms with E-state index in [2.05, 4.69) is 150 Å². The summed E-state index contributed by atoms with van der Waals surface area (Å²) in [6.45, 7) is 0. The first-order chi connectivity index (χ1) is 21.8. The molecule has 44 heavy (non-hydrogen) atoms. The molecular weight excluding hydrogens is 553 g/mol. The van der Waals surface area contributed by atoms with Crippen LogP contribution in [-0.2, 0) is 0 Å². The lowest BCUT2D eigenvalue weighted by Gasteiger charge is -2.13. The molecule has 0 radical (unpaired) electrons. The van der Waals surface area contributed by atoms with Gasteiger partial charge in [0.15, 0.2) is 0 Å². The normalized spacial score (nSPS) is 12.1. The second-order valence-corrected chi connectivity index (χ2v) is 12.7. The minimum Gasteiger partial charge on any atom is -0.292 e. The van der Waals surface area contributed by atoms with Gasteiger partial charge in [-0.05, 0) is 80.9 Å². The Morgan fingerprint density at radius 2 is 1.09 bits per heavy atom. The largest absolute Gasteiger partial charge is 0.292 e. The van der Waals surface area contributed by atoms with Gasteiger partial charge in [0, 0.05) is 30.9 Å². The highest BCUT2D eigenvalue weighted by Crippen LogP contribution is 2.39. The molecule has 10 rings (SSSR count). The zero-order chi connectivity index (χ0) is 28.8. The Balaban J connectivity index is 1.16. The fourth-order valence-corrected chi connectivity index (χ4v) is 8.15. The Labute approximate surface area is 257 Å². The van der Waals surface area contributed by atoms with Gasteiger partial charge in [0.25, 0.3) is 0 Å². The Kier molecular flexibility index (Phi) is 4.90. The third-order valence-corrected chi connectivity index (χ3v) is 10.3. The molecule has 2 nitrogen and oxygen atoms in total. The first kappa shape index (κ1) is 24.0. The fraction of sp³-hybridized carbons (Fsp3) is 0. The minimum atomic E-state index is 1.01.